The second-order valence-corrected chi connectivity index (χ2v) is 7.65. The number of fused-ring (bicyclic) bond motifs is 1. The minimum absolute atomic E-state index is 0.0946. The Balaban J connectivity index is 1.43. The van der Waals surface area contributed by atoms with Gasteiger partial charge in [0.05, 0.1) is 29.5 Å². The molecule has 2 fully saturated rings. The second-order valence-electron chi connectivity index (χ2n) is 7.24. The summed E-state index contributed by atoms with van der Waals surface area (Å²) in [5, 5.41) is 6.53. The largest absolute Gasteiger partial charge is 0.360 e. The van der Waals surface area contributed by atoms with Crippen molar-refractivity contribution in [2.75, 3.05) is 16.8 Å². The van der Waals surface area contributed by atoms with E-state index in [2.05, 4.69) is 10.5 Å². The van der Waals surface area contributed by atoms with Crippen molar-refractivity contribution in [2.24, 2.45) is 11.8 Å². The van der Waals surface area contributed by atoms with Crippen molar-refractivity contribution < 1.29 is 23.2 Å². The summed E-state index contributed by atoms with van der Waals surface area (Å²) in [5.74, 6) is -1.59. The van der Waals surface area contributed by atoms with E-state index in [1.165, 1.54) is 23.1 Å². The maximum atomic E-state index is 13.4. The van der Waals surface area contributed by atoms with E-state index in [9.17, 15) is 14.0 Å². The van der Waals surface area contributed by atoms with Crippen molar-refractivity contribution in [1.29, 1.82) is 0 Å². The van der Waals surface area contributed by atoms with Crippen LogP contribution in [-0.2, 0) is 14.3 Å². The maximum absolute atomic E-state index is 13.4. The van der Waals surface area contributed by atoms with Gasteiger partial charge in [0.15, 0.2) is 5.82 Å². The number of benzene rings is 1. The number of aryl methyl sites for hydroxylation is 1. The van der Waals surface area contributed by atoms with Gasteiger partial charge in [-0.05, 0) is 25.1 Å². The number of hydrogen-bond acceptors (Lipinski definition) is 5. The summed E-state index contributed by atoms with van der Waals surface area (Å²) in [6.45, 7) is 2.00. The molecule has 3 aliphatic rings. The average Bonchev–Trinajstić information content (AvgIpc) is 3.39. The van der Waals surface area contributed by atoms with Crippen molar-refractivity contribution in [1.82, 2.24) is 5.16 Å². The molecular weight excluding hydrogens is 389 g/mol. The topological polar surface area (TPSA) is 84.7 Å². The van der Waals surface area contributed by atoms with Crippen LogP contribution in [0, 0.1) is 24.6 Å². The van der Waals surface area contributed by atoms with Crippen LogP contribution in [0.2, 0.25) is 5.02 Å². The van der Waals surface area contributed by atoms with Crippen LogP contribution in [0.3, 0.4) is 0 Å². The Labute approximate surface area is 164 Å². The molecule has 2 aromatic rings. The van der Waals surface area contributed by atoms with Gasteiger partial charge in [-0.2, -0.15) is 0 Å². The first kappa shape index (κ1) is 17.4. The third-order valence-corrected chi connectivity index (χ3v) is 5.77. The SMILES string of the molecule is Cc1cc(N2C[C@]34C=C[C@H](O3)[C@@H](C(=O)Nc3ccc(F)c(Cl)c3)[C@H]4C2=O)no1. The van der Waals surface area contributed by atoms with E-state index in [1.807, 2.05) is 12.2 Å². The first-order chi connectivity index (χ1) is 13.4. The number of nitrogens with zero attached hydrogens (tertiary/aromatic N) is 2. The van der Waals surface area contributed by atoms with Crippen LogP contribution in [-0.4, -0.2) is 35.2 Å². The number of anilines is 2. The van der Waals surface area contributed by atoms with E-state index in [4.69, 9.17) is 20.9 Å². The van der Waals surface area contributed by atoms with E-state index in [-0.39, 0.29) is 23.4 Å². The summed E-state index contributed by atoms with van der Waals surface area (Å²) >= 11 is 5.78. The molecule has 9 heteroatoms. The number of halogens is 2. The molecule has 3 aliphatic heterocycles. The van der Waals surface area contributed by atoms with Crippen LogP contribution >= 0.6 is 11.6 Å². The van der Waals surface area contributed by atoms with Crippen LogP contribution in [0.5, 0.6) is 0 Å². The van der Waals surface area contributed by atoms with Gasteiger partial charge >= 0.3 is 0 Å². The third kappa shape index (κ3) is 2.41. The molecule has 1 aromatic carbocycles. The molecule has 5 rings (SSSR count). The minimum atomic E-state index is -0.864. The fourth-order valence-electron chi connectivity index (χ4n) is 4.27. The summed E-state index contributed by atoms with van der Waals surface area (Å²) in [5.41, 5.74) is -0.511. The summed E-state index contributed by atoms with van der Waals surface area (Å²) in [6.07, 6.45) is 3.17. The molecule has 0 saturated carbocycles. The Kier molecular flexibility index (Phi) is 3.66. The molecule has 0 unspecified atom stereocenters. The highest BCUT2D eigenvalue weighted by atomic mass is 35.5. The molecule has 4 atom stereocenters. The zero-order valence-corrected chi connectivity index (χ0v) is 15.4. The molecule has 0 radical (unpaired) electrons. The summed E-state index contributed by atoms with van der Waals surface area (Å²) in [6, 6.07) is 5.59. The zero-order chi connectivity index (χ0) is 19.6. The van der Waals surface area contributed by atoms with Crippen LogP contribution in [0.1, 0.15) is 5.76 Å². The lowest BCUT2D eigenvalue weighted by Gasteiger charge is -2.23. The number of ether oxygens (including phenoxy) is 1. The second kappa shape index (κ2) is 5.89. The van der Waals surface area contributed by atoms with Gasteiger partial charge in [-0.3, -0.25) is 14.5 Å². The normalized spacial score (nSPS) is 30.2. The van der Waals surface area contributed by atoms with E-state index in [0.29, 0.717) is 17.3 Å². The Morgan fingerprint density at radius 1 is 1.43 bits per heavy atom. The molecular formula is C19H15ClFN3O4. The predicted octanol–water partition coefficient (Wildman–Crippen LogP) is 2.70. The van der Waals surface area contributed by atoms with E-state index >= 15 is 0 Å². The lowest BCUT2D eigenvalue weighted by molar-refractivity contribution is -0.128. The molecule has 1 aromatic heterocycles. The van der Waals surface area contributed by atoms with Crippen LogP contribution in [0.4, 0.5) is 15.9 Å². The molecule has 2 bridgehead atoms. The predicted molar refractivity (Wildman–Crippen MR) is 97.4 cm³/mol. The Bertz CT molecular complexity index is 1040. The van der Waals surface area contributed by atoms with Crippen LogP contribution < -0.4 is 10.2 Å². The van der Waals surface area contributed by atoms with Gasteiger partial charge in [-0.15, -0.1) is 0 Å². The molecule has 0 aliphatic carbocycles. The van der Waals surface area contributed by atoms with Crippen LogP contribution in [0.15, 0.2) is 40.9 Å². The smallest absolute Gasteiger partial charge is 0.235 e. The number of hydrogen-bond donors (Lipinski definition) is 1. The average molecular weight is 404 g/mol. The van der Waals surface area contributed by atoms with Gasteiger partial charge < -0.3 is 14.6 Å². The summed E-state index contributed by atoms with van der Waals surface area (Å²) in [4.78, 5) is 27.6. The lowest BCUT2D eigenvalue weighted by Crippen LogP contribution is -2.41. The number of amides is 2. The first-order valence-electron chi connectivity index (χ1n) is 8.76. The van der Waals surface area contributed by atoms with Gasteiger partial charge in [0.2, 0.25) is 11.8 Å². The summed E-state index contributed by atoms with van der Waals surface area (Å²) in [7, 11) is 0. The van der Waals surface area contributed by atoms with Crippen molar-refractivity contribution in [3.8, 4) is 0 Å². The molecule has 2 saturated heterocycles. The van der Waals surface area contributed by atoms with Crippen molar-refractivity contribution in [3.63, 3.8) is 0 Å². The lowest BCUT2D eigenvalue weighted by atomic mass is 9.77. The maximum Gasteiger partial charge on any atom is 0.235 e. The van der Waals surface area contributed by atoms with E-state index in [0.717, 1.165) is 0 Å². The van der Waals surface area contributed by atoms with Gasteiger partial charge in [0.1, 0.15) is 17.2 Å². The number of carbonyl (C=O) groups is 2. The highest BCUT2D eigenvalue weighted by Gasteiger charge is 2.67. The Morgan fingerprint density at radius 3 is 2.96 bits per heavy atom. The quantitative estimate of drug-likeness (QED) is 0.796. The molecule has 1 N–H and O–H groups in total. The number of carbonyl (C=O) groups excluding carboxylic acids is 2. The van der Waals surface area contributed by atoms with Crippen molar-refractivity contribution in [2.45, 2.75) is 18.6 Å². The zero-order valence-electron chi connectivity index (χ0n) is 14.7. The van der Waals surface area contributed by atoms with Gasteiger partial charge in [0.25, 0.3) is 0 Å². The number of rotatable bonds is 3. The van der Waals surface area contributed by atoms with Gasteiger partial charge in [-0.1, -0.05) is 28.9 Å². The monoisotopic (exact) mass is 403 g/mol. The van der Waals surface area contributed by atoms with Crippen LogP contribution in [0.25, 0.3) is 0 Å². The molecule has 144 valence electrons. The fraction of sp³-hybridized carbons (Fsp3) is 0.316. The summed E-state index contributed by atoms with van der Waals surface area (Å²) < 4.78 is 24.5. The highest BCUT2D eigenvalue weighted by molar-refractivity contribution is 6.31. The minimum Gasteiger partial charge on any atom is -0.360 e. The number of nitrogens with one attached hydrogen (secondary N) is 1. The molecule has 4 heterocycles. The third-order valence-electron chi connectivity index (χ3n) is 5.48. The molecule has 2 amide bonds. The van der Waals surface area contributed by atoms with Crippen molar-refractivity contribution >= 4 is 34.9 Å². The Morgan fingerprint density at radius 2 is 2.25 bits per heavy atom. The van der Waals surface area contributed by atoms with E-state index in [1.54, 1.807) is 13.0 Å². The van der Waals surface area contributed by atoms with E-state index < -0.39 is 29.4 Å². The fourth-order valence-corrected chi connectivity index (χ4v) is 4.45. The highest BCUT2D eigenvalue weighted by Crippen LogP contribution is 2.52. The molecule has 1 spiro atoms. The van der Waals surface area contributed by atoms with Gasteiger partial charge in [0, 0.05) is 11.8 Å². The number of aromatic nitrogens is 1. The standard InChI is InChI=1S/C19H15ClFN3O4/c1-9-6-14(23-28-9)24-8-19-5-4-13(27-19)15(16(19)18(24)26)17(25)22-10-2-3-12(21)11(20)7-10/h2-7,13,15-16H,8H2,1H3,(H,22,25)/t13-,15+,16-,19-/m0/s1. The molecule has 28 heavy (non-hydrogen) atoms. The molecule has 7 nitrogen and oxygen atoms in total. The Hall–Kier alpha value is -2.71. The van der Waals surface area contributed by atoms with Crippen molar-refractivity contribution in [3.05, 3.63) is 53.0 Å². The first-order valence-corrected chi connectivity index (χ1v) is 9.13. The van der Waals surface area contributed by atoms with Gasteiger partial charge in [-0.25, -0.2) is 4.39 Å².